The normalized spacial score (nSPS) is 20.9. The van der Waals surface area contributed by atoms with Crippen molar-refractivity contribution in [3.05, 3.63) is 17.7 Å². The minimum Gasteiger partial charge on any atom is -0.493 e. The molecule has 32 heavy (non-hydrogen) atoms. The predicted octanol–water partition coefficient (Wildman–Crippen LogP) is 2.60. The molecule has 3 rings (SSSR count). The molecule has 1 aromatic rings. The number of hydrogen-bond donors (Lipinski definition) is 1. The minimum atomic E-state index is -0.342. The largest absolute Gasteiger partial charge is 0.493 e. The van der Waals surface area contributed by atoms with Crippen LogP contribution < -0.4 is 19.5 Å². The van der Waals surface area contributed by atoms with Gasteiger partial charge in [-0.25, -0.2) is 0 Å². The molecule has 2 atom stereocenters. The van der Waals surface area contributed by atoms with E-state index in [9.17, 15) is 9.59 Å². The molecule has 0 bridgehead atoms. The molecule has 2 amide bonds. The summed E-state index contributed by atoms with van der Waals surface area (Å²) in [5, 5.41) is 3.02. The third-order valence-corrected chi connectivity index (χ3v) is 6.61. The van der Waals surface area contributed by atoms with Gasteiger partial charge in [-0.05, 0) is 37.0 Å². The highest BCUT2D eigenvalue weighted by atomic mass is 16.5. The second-order valence-corrected chi connectivity index (χ2v) is 8.53. The van der Waals surface area contributed by atoms with E-state index in [4.69, 9.17) is 18.9 Å². The Labute approximate surface area is 190 Å². The number of methoxy groups -OCH3 is 4. The predicted molar refractivity (Wildman–Crippen MR) is 120 cm³/mol. The molecule has 178 valence electrons. The first-order valence-electron chi connectivity index (χ1n) is 11.4. The SMILES string of the molecule is COCCCNC(=O)[C@H]1CN(C(=O)C2CCCC2)C[C@@H]1c1cc(OC)c(OC)c(OC)c1. The molecule has 8 nitrogen and oxygen atoms in total. The molecule has 0 unspecified atom stereocenters. The minimum absolute atomic E-state index is 0.0402. The highest BCUT2D eigenvalue weighted by Gasteiger charge is 2.42. The smallest absolute Gasteiger partial charge is 0.225 e. The van der Waals surface area contributed by atoms with Crippen molar-refractivity contribution in [2.75, 3.05) is 54.7 Å². The van der Waals surface area contributed by atoms with Gasteiger partial charge in [0.15, 0.2) is 11.5 Å². The summed E-state index contributed by atoms with van der Waals surface area (Å²) in [5.74, 6) is 1.32. The van der Waals surface area contributed by atoms with Gasteiger partial charge in [0.05, 0.1) is 27.2 Å². The molecule has 1 saturated carbocycles. The standard InChI is InChI=1S/C24H36N2O6/c1-29-11-7-10-25-23(27)19-15-26(24(28)16-8-5-6-9-16)14-18(19)17-12-20(30-2)22(32-4)21(13-17)31-3/h12-13,16,18-19H,5-11,14-15H2,1-4H3,(H,25,27)/t18-,19+/m1/s1. The van der Waals surface area contributed by atoms with E-state index in [0.29, 0.717) is 43.5 Å². The summed E-state index contributed by atoms with van der Waals surface area (Å²) in [5.41, 5.74) is 0.901. The number of nitrogens with zero attached hydrogens (tertiary/aromatic N) is 1. The quantitative estimate of drug-likeness (QED) is 0.554. The molecule has 1 N–H and O–H groups in total. The molecule has 0 aromatic heterocycles. The number of rotatable bonds is 10. The van der Waals surface area contributed by atoms with Crippen LogP contribution in [0.25, 0.3) is 0 Å². The highest BCUT2D eigenvalue weighted by Crippen LogP contribution is 2.43. The van der Waals surface area contributed by atoms with E-state index < -0.39 is 0 Å². The molecule has 1 aliphatic carbocycles. The van der Waals surface area contributed by atoms with E-state index in [1.807, 2.05) is 17.0 Å². The fourth-order valence-electron chi connectivity index (χ4n) is 4.89. The van der Waals surface area contributed by atoms with Crippen molar-refractivity contribution in [1.29, 1.82) is 0 Å². The van der Waals surface area contributed by atoms with Gasteiger partial charge in [-0.1, -0.05) is 12.8 Å². The van der Waals surface area contributed by atoms with Crippen LogP contribution in [0.5, 0.6) is 17.2 Å². The molecule has 1 aromatic carbocycles. The van der Waals surface area contributed by atoms with Gasteiger partial charge in [0.2, 0.25) is 17.6 Å². The monoisotopic (exact) mass is 448 g/mol. The lowest BCUT2D eigenvalue weighted by Gasteiger charge is -2.21. The lowest BCUT2D eigenvalue weighted by atomic mass is 9.88. The van der Waals surface area contributed by atoms with E-state index >= 15 is 0 Å². The molecule has 1 saturated heterocycles. The number of likely N-dealkylation sites (tertiary alicyclic amines) is 1. The molecule has 1 heterocycles. The van der Waals surface area contributed by atoms with Gasteiger partial charge in [-0.2, -0.15) is 0 Å². The van der Waals surface area contributed by atoms with E-state index in [1.165, 1.54) is 0 Å². The summed E-state index contributed by atoms with van der Waals surface area (Å²) in [4.78, 5) is 28.2. The van der Waals surface area contributed by atoms with Crippen molar-refractivity contribution < 1.29 is 28.5 Å². The highest BCUT2D eigenvalue weighted by molar-refractivity contribution is 5.84. The number of nitrogens with one attached hydrogen (secondary N) is 1. The van der Waals surface area contributed by atoms with Gasteiger partial charge in [0.1, 0.15) is 0 Å². The zero-order chi connectivity index (χ0) is 23.1. The van der Waals surface area contributed by atoms with Crippen LogP contribution in [-0.2, 0) is 14.3 Å². The maximum absolute atomic E-state index is 13.1. The Hall–Kier alpha value is -2.48. The fraction of sp³-hybridized carbons (Fsp3) is 0.667. The second-order valence-electron chi connectivity index (χ2n) is 8.53. The number of benzene rings is 1. The third kappa shape index (κ3) is 5.28. The number of hydrogen-bond acceptors (Lipinski definition) is 6. The number of carbonyl (C=O) groups is 2. The summed E-state index contributed by atoms with van der Waals surface area (Å²) < 4.78 is 21.6. The van der Waals surface area contributed by atoms with Crippen LogP contribution in [-0.4, -0.2) is 71.4 Å². The number of ether oxygens (including phenoxy) is 4. The van der Waals surface area contributed by atoms with Crippen molar-refractivity contribution in [3.63, 3.8) is 0 Å². The summed E-state index contributed by atoms with van der Waals surface area (Å²) >= 11 is 0. The molecule has 2 aliphatic rings. The van der Waals surface area contributed by atoms with Crippen molar-refractivity contribution in [1.82, 2.24) is 10.2 Å². The van der Waals surface area contributed by atoms with Crippen LogP contribution >= 0.6 is 0 Å². The first kappa shape index (κ1) is 24.2. The average molecular weight is 449 g/mol. The fourth-order valence-corrected chi connectivity index (χ4v) is 4.89. The van der Waals surface area contributed by atoms with Crippen LogP contribution in [0.15, 0.2) is 12.1 Å². The third-order valence-electron chi connectivity index (χ3n) is 6.61. The van der Waals surface area contributed by atoms with Crippen molar-refractivity contribution in [2.24, 2.45) is 11.8 Å². The Morgan fingerprint density at radius 3 is 2.22 bits per heavy atom. The number of amides is 2. The zero-order valence-electron chi connectivity index (χ0n) is 19.6. The van der Waals surface area contributed by atoms with Crippen LogP contribution in [0, 0.1) is 11.8 Å². The molecule has 2 fully saturated rings. The molecular weight excluding hydrogens is 412 g/mol. The summed E-state index contributed by atoms with van der Waals surface area (Å²) in [6.45, 7) is 2.06. The molecular formula is C24H36N2O6. The van der Waals surface area contributed by atoms with Crippen LogP contribution in [0.3, 0.4) is 0 Å². The Morgan fingerprint density at radius 2 is 1.66 bits per heavy atom. The topological polar surface area (TPSA) is 86.3 Å². The van der Waals surface area contributed by atoms with E-state index in [1.54, 1.807) is 28.4 Å². The maximum Gasteiger partial charge on any atom is 0.225 e. The van der Waals surface area contributed by atoms with E-state index in [0.717, 1.165) is 37.7 Å². The molecule has 8 heteroatoms. The summed E-state index contributed by atoms with van der Waals surface area (Å²) in [6.07, 6.45) is 4.83. The van der Waals surface area contributed by atoms with Gasteiger partial charge in [-0.3, -0.25) is 9.59 Å². The van der Waals surface area contributed by atoms with Crippen molar-refractivity contribution in [2.45, 2.75) is 38.0 Å². The Balaban J connectivity index is 1.87. The zero-order valence-corrected chi connectivity index (χ0v) is 19.6. The van der Waals surface area contributed by atoms with Gasteiger partial charge in [0, 0.05) is 45.2 Å². The molecule has 1 aliphatic heterocycles. The van der Waals surface area contributed by atoms with Gasteiger partial charge in [-0.15, -0.1) is 0 Å². The second kappa shape index (κ2) is 11.4. The van der Waals surface area contributed by atoms with E-state index in [2.05, 4.69) is 5.32 Å². The van der Waals surface area contributed by atoms with Crippen molar-refractivity contribution in [3.8, 4) is 17.2 Å². The van der Waals surface area contributed by atoms with Gasteiger partial charge in [0.25, 0.3) is 0 Å². The Morgan fingerprint density at radius 1 is 1.00 bits per heavy atom. The van der Waals surface area contributed by atoms with Crippen LogP contribution in [0.4, 0.5) is 0 Å². The van der Waals surface area contributed by atoms with Gasteiger partial charge < -0.3 is 29.2 Å². The Kier molecular flexibility index (Phi) is 8.61. The molecule has 0 spiro atoms. The summed E-state index contributed by atoms with van der Waals surface area (Å²) in [7, 11) is 6.36. The lowest BCUT2D eigenvalue weighted by molar-refractivity contribution is -0.134. The molecule has 0 radical (unpaired) electrons. The summed E-state index contributed by atoms with van der Waals surface area (Å²) in [6, 6.07) is 3.78. The maximum atomic E-state index is 13.1. The van der Waals surface area contributed by atoms with Crippen molar-refractivity contribution >= 4 is 11.8 Å². The van der Waals surface area contributed by atoms with Crippen LogP contribution in [0.1, 0.15) is 43.6 Å². The van der Waals surface area contributed by atoms with Gasteiger partial charge >= 0.3 is 0 Å². The lowest BCUT2D eigenvalue weighted by Crippen LogP contribution is -2.37. The Bertz CT molecular complexity index is 768. The first-order chi connectivity index (χ1) is 15.5. The first-order valence-corrected chi connectivity index (χ1v) is 11.4. The van der Waals surface area contributed by atoms with E-state index in [-0.39, 0.29) is 29.6 Å². The van der Waals surface area contributed by atoms with Crippen LogP contribution in [0.2, 0.25) is 0 Å². The number of carbonyl (C=O) groups excluding carboxylic acids is 2. The average Bonchev–Trinajstić information content (AvgIpc) is 3.51.